The fourth-order valence-corrected chi connectivity index (χ4v) is 2.50. The molecule has 0 unspecified atom stereocenters. The number of halogens is 1. The summed E-state index contributed by atoms with van der Waals surface area (Å²) in [5.41, 5.74) is 9.73. The van der Waals surface area contributed by atoms with Gasteiger partial charge in [-0.3, -0.25) is 0 Å². The summed E-state index contributed by atoms with van der Waals surface area (Å²) >= 11 is 3.41. The van der Waals surface area contributed by atoms with Gasteiger partial charge >= 0.3 is 0 Å². The molecule has 3 rings (SSSR count). The second kappa shape index (κ2) is 5.96. The number of aromatic amines is 1. The molecule has 0 aliphatic heterocycles. The summed E-state index contributed by atoms with van der Waals surface area (Å²) in [5, 5.41) is 9.39. The van der Waals surface area contributed by atoms with Crippen molar-refractivity contribution in [1.29, 1.82) is 5.26 Å². The third kappa shape index (κ3) is 2.69. The number of benzene rings is 1. The van der Waals surface area contributed by atoms with Crippen LogP contribution in [0.25, 0.3) is 22.4 Å². The van der Waals surface area contributed by atoms with Crippen LogP contribution >= 0.6 is 15.9 Å². The van der Waals surface area contributed by atoms with E-state index < -0.39 is 0 Å². The van der Waals surface area contributed by atoms with Crippen LogP contribution in [0.15, 0.2) is 59.3 Å². The van der Waals surface area contributed by atoms with Gasteiger partial charge in [0.05, 0.1) is 11.3 Å². The monoisotopic (exact) mass is 351 g/mol. The molecule has 4 nitrogen and oxygen atoms in total. The molecule has 0 saturated carbocycles. The molecule has 0 aliphatic rings. The van der Waals surface area contributed by atoms with Gasteiger partial charge in [0, 0.05) is 16.1 Å². The van der Waals surface area contributed by atoms with Crippen LogP contribution < -0.4 is 10.7 Å². The first-order valence-corrected chi connectivity index (χ1v) is 7.41. The number of anilines is 1. The number of nitrogens with zero attached hydrogens (tertiary/aromatic N) is 2. The van der Waals surface area contributed by atoms with E-state index in [1.54, 1.807) is 0 Å². The third-order valence-electron chi connectivity index (χ3n) is 3.32. The Labute approximate surface area is 136 Å². The maximum absolute atomic E-state index is 9.39. The molecule has 106 valence electrons. The van der Waals surface area contributed by atoms with Crippen LogP contribution in [0.3, 0.4) is 0 Å². The van der Waals surface area contributed by atoms with Gasteiger partial charge in [-0.2, -0.15) is 5.26 Å². The van der Waals surface area contributed by atoms with E-state index in [9.17, 15) is 5.26 Å². The van der Waals surface area contributed by atoms with Gasteiger partial charge in [-0.1, -0.05) is 28.1 Å². The van der Waals surface area contributed by atoms with Crippen LogP contribution in [0.4, 0.5) is 5.82 Å². The molecule has 5 heteroatoms. The topological polar surface area (TPSA) is 76.8 Å². The van der Waals surface area contributed by atoms with Crippen LogP contribution in [-0.4, -0.2) is 4.98 Å². The summed E-state index contributed by atoms with van der Waals surface area (Å²) in [7, 11) is 0. The highest BCUT2D eigenvalue weighted by atomic mass is 79.9. The van der Waals surface area contributed by atoms with E-state index in [2.05, 4.69) is 32.0 Å². The summed E-state index contributed by atoms with van der Waals surface area (Å²) in [4.78, 5) is 7.37. The molecular formula is C17H12BrN4+. The highest BCUT2D eigenvalue weighted by Crippen LogP contribution is 2.31. The molecule has 0 bridgehead atoms. The van der Waals surface area contributed by atoms with Gasteiger partial charge in [0.15, 0.2) is 12.4 Å². The first-order chi connectivity index (χ1) is 10.7. The quantitative estimate of drug-likeness (QED) is 0.767. The van der Waals surface area contributed by atoms with Crippen molar-refractivity contribution < 1.29 is 4.98 Å². The second-order valence-electron chi connectivity index (χ2n) is 4.73. The zero-order valence-corrected chi connectivity index (χ0v) is 13.1. The Balaban J connectivity index is 2.22. The van der Waals surface area contributed by atoms with Crippen molar-refractivity contribution in [2.75, 3.05) is 5.73 Å². The minimum atomic E-state index is 0.238. The molecule has 0 radical (unpaired) electrons. The number of aromatic nitrogens is 2. The van der Waals surface area contributed by atoms with Crippen LogP contribution in [0, 0.1) is 11.3 Å². The number of nitrogens with one attached hydrogen (secondary N) is 1. The van der Waals surface area contributed by atoms with Crippen molar-refractivity contribution in [3.63, 3.8) is 0 Å². The van der Waals surface area contributed by atoms with E-state index in [0.29, 0.717) is 5.56 Å². The molecule has 0 amide bonds. The van der Waals surface area contributed by atoms with E-state index >= 15 is 0 Å². The summed E-state index contributed by atoms with van der Waals surface area (Å²) in [6.07, 6.45) is 3.67. The average molecular weight is 352 g/mol. The molecule has 22 heavy (non-hydrogen) atoms. The van der Waals surface area contributed by atoms with E-state index in [1.165, 1.54) is 0 Å². The molecule has 0 saturated heterocycles. The van der Waals surface area contributed by atoms with E-state index in [4.69, 9.17) is 5.73 Å². The van der Waals surface area contributed by atoms with Crippen molar-refractivity contribution in [3.8, 4) is 28.5 Å². The van der Waals surface area contributed by atoms with Crippen LogP contribution in [0.1, 0.15) is 5.56 Å². The Kier molecular flexibility index (Phi) is 3.86. The number of nitriles is 1. The maximum atomic E-state index is 9.39. The molecule has 0 atom stereocenters. The number of nitrogen functional groups attached to an aromatic ring is 1. The number of pyridine rings is 2. The van der Waals surface area contributed by atoms with Crippen molar-refractivity contribution in [1.82, 2.24) is 4.98 Å². The van der Waals surface area contributed by atoms with Gasteiger partial charge in [-0.25, -0.2) is 9.97 Å². The SMILES string of the molecule is N#Cc1c(-c2ccc(Br)cc2)cc(-c2ccc[nH+]c2)nc1N. The molecule has 0 aliphatic carbocycles. The molecular weight excluding hydrogens is 340 g/mol. The normalized spacial score (nSPS) is 10.2. The molecule has 3 aromatic rings. The highest BCUT2D eigenvalue weighted by molar-refractivity contribution is 9.10. The Bertz CT molecular complexity index is 852. The lowest BCUT2D eigenvalue weighted by molar-refractivity contribution is -0.377. The smallest absolute Gasteiger partial charge is 0.176 e. The van der Waals surface area contributed by atoms with Crippen LogP contribution in [-0.2, 0) is 0 Å². The maximum Gasteiger partial charge on any atom is 0.176 e. The second-order valence-corrected chi connectivity index (χ2v) is 5.64. The lowest BCUT2D eigenvalue weighted by atomic mass is 9.99. The number of nitrogens with two attached hydrogens (primary N) is 1. The standard InChI is InChI=1S/C17H11BrN4/c18-13-5-3-11(4-6-13)14-8-16(12-2-1-7-21-10-12)22-17(20)15(14)9-19/h1-8,10H,(H2,20,22)/p+1. The van der Waals surface area contributed by atoms with Crippen molar-refractivity contribution in [3.05, 3.63) is 64.9 Å². The molecule has 0 spiro atoms. The third-order valence-corrected chi connectivity index (χ3v) is 3.85. The first kappa shape index (κ1) is 14.2. The number of hydrogen-bond acceptors (Lipinski definition) is 3. The zero-order valence-electron chi connectivity index (χ0n) is 11.5. The van der Waals surface area contributed by atoms with E-state index in [-0.39, 0.29) is 5.82 Å². The van der Waals surface area contributed by atoms with Gasteiger partial charge in [-0.15, -0.1) is 0 Å². The van der Waals surface area contributed by atoms with Gasteiger partial charge in [-0.05, 0) is 29.8 Å². The zero-order chi connectivity index (χ0) is 15.5. The Morgan fingerprint density at radius 2 is 1.91 bits per heavy atom. The fourth-order valence-electron chi connectivity index (χ4n) is 2.24. The Morgan fingerprint density at radius 3 is 2.55 bits per heavy atom. The minimum absolute atomic E-state index is 0.238. The fraction of sp³-hybridized carbons (Fsp3) is 0. The van der Waals surface area contributed by atoms with E-state index in [1.807, 2.05) is 54.9 Å². The molecule has 1 aromatic carbocycles. The van der Waals surface area contributed by atoms with Crippen molar-refractivity contribution >= 4 is 21.7 Å². The average Bonchev–Trinajstić information content (AvgIpc) is 2.55. The molecule has 2 heterocycles. The highest BCUT2D eigenvalue weighted by Gasteiger charge is 2.14. The summed E-state index contributed by atoms with van der Waals surface area (Å²) < 4.78 is 0.981. The van der Waals surface area contributed by atoms with Crippen LogP contribution in [0.5, 0.6) is 0 Å². The summed E-state index contributed by atoms with van der Waals surface area (Å²) in [5.74, 6) is 0.238. The summed E-state index contributed by atoms with van der Waals surface area (Å²) in [6, 6.07) is 15.6. The van der Waals surface area contributed by atoms with E-state index in [0.717, 1.165) is 26.9 Å². The van der Waals surface area contributed by atoms with Crippen molar-refractivity contribution in [2.24, 2.45) is 0 Å². The van der Waals surface area contributed by atoms with Crippen molar-refractivity contribution in [2.45, 2.75) is 0 Å². The summed E-state index contributed by atoms with van der Waals surface area (Å²) in [6.45, 7) is 0. The molecule has 0 fully saturated rings. The lowest BCUT2D eigenvalue weighted by Gasteiger charge is -2.09. The minimum Gasteiger partial charge on any atom is -0.383 e. The Hall–Kier alpha value is -2.71. The predicted octanol–water partition coefficient (Wildman–Crippen LogP) is 3.45. The molecule has 3 N–H and O–H groups in total. The number of hydrogen-bond donors (Lipinski definition) is 1. The van der Waals surface area contributed by atoms with Gasteiger partial charge < -0.3 is 5.73 Å². The largest absolute Gasteiger partial charge is 0.383 e. The van der Waals surface area contributed by atoms with Gasteiger partial charge in [0.1, 0.15) is 17.5 Å². The van der Waals surface area contributed by atoms with Gasteiger partial charge in [0.25, 0.3) is 0 Å². The lowest BCUT2D eigenvalue weighted by Crippen LogP contribution is -2.02. The predicted molar refractivity (Wildman–Crippen MR) is 88.5 cm³/mol. The Morgan fingerprint density at radius 1 is 1.14 bits per heavy atom. The number of H-pyrrole nitrogens is 1. The van der Waals surface area contributed by atoms with Gasteiger partial charge in [0.2, 0.25) is 0 Å². The molecule has 2 aromatic heterocycles. The van der Waals surface area contributed by atoms with Crippen LogP contribution in [0.2, 0.25) is 0 Å². The number of rotatable bonds is 2. The first-order valence-electron chi connectivity index (χ1n) is 6.62.